The maximum Gasteiger partial charge on any atom is 0.407 e. The van der Waals surface area contributed by atoms with Crippen molar-refractivity contribution in [1.82, 2.24) is 15.1 Å². The van der Waals surface area contributed by atoms with Crippen molar-refractivity contribution in [2.24, 2.45) is 0 Å². The fraction of sp³-hybridized carbons (Fsp3) is 0.423. The van der Waals surface area contributed by atoms with Crippen molar-refractivity contribution in [2.45, 2.75) is 38.3 Å². The minimum absolute atomic E-state index is 0.0979. The Kier molecular flexibility index (Phi) is 7.61. The van der Waals surface area contributed by atoms with Crippen LogP contribution in [0.25, 0.3) is 11.1 Å². The van der Waals surface area contributed by atoms with Crippen LogP contribution in [0.2, 0.25) is 0 Å². The fourth-order valence-corrected chi connectivity index (χ4v) is 4.30. The van der Waals surface area contributed by atoms with E-state index in [1.807, 2.05) is 36.4 Å². The van der Waals surface area contributed by atoms with E-state index in [2.05, 4.69) is 17.4 Å². The second-order valence-corrected chi connectivity index (χ2v) is 9.77. The van der Waals surface area contributed by atoms with Crippen LogP contribution in [0.4, 0.5) is 4.79 Å². The van der Waals surface area contributed by atoms with Crippen LogP contribution in [0, 0.1) is 0 Å². The summed E-state index contributed by atoms with van der Waals surface area (Å²) in [5.74, 6) is -1.69. The predicted octanol–water partition coefficient (Wildman–Crippen LogP) is 3.17. The first-order valence-electron chi connectivity index (χ1n) is 11.3. The number of rotatable bonds is 8. The molecule has 0 bridgehead atoms. The number of nitrogens with one attached hydrogen (secondary N) is 1. The molecule has 8 nitrogen and oxygen atoms in total. The largest absolute Gasteiger partial charge is 0.480 e. The molecule has 0 aliphatic heterocycles. The third-order valence-corrected chi connectivity index (χ3v) is 5.85. The standard InChI is InChI=1S/C26H33N3O5/c1-26(2,3)29(15-23(30)31)24(32)22(14-28(4)5)27-25(33)34-16-21-19-12-8-6-10-17(19)18-11-7-9-13-20(18)21/h6-13,21-22H,14-16H2,1-5H3,(H,27,33)(H,30,31)/t22-/m0/s1. The Balaban J connectivity index is 1.73. The molecule has 2 aromatic rings. The van der Waals surface area contributed by atoms with Gasteiger partial charge in [0, 0.05) is 18.0 Å². The minimum atomic E-state index is -1.12. The van der Waals surface area contributed by atoms with Crippen molar-refractivity contribution in [3.05, 3.63) is 59.7 Å². The lowest BCUT2D eigenvalue weighted by Crippen LogP contribution is -2.58. The molecule has 1 atom stereocenters. The van der Waals surface area contributed by atoms with Crippen LogP contribution < -0.4 is 5.32 Å². The Morgan fingerprint density at radius 1 is 1.00 bits per heavy atom. The molecule has 1 aliphatic rings. The van der Waals surface area contributed by atoms with E-state index in [4.69, 9.17) is 4.74 Å². The SMILES string of the molecule is CN(C)C[C@H](NC(=O)OCC1c2ccccc2-c2ccccc21)C(=O)N(CC(=O)O)C(C)(C)C. The highest BCUT2D eigenvalue weighted by atomic mass is 16.5. The maximum absolute atomic E-state index is 13.2. The molecule has 2 aromatic carbocycles. The monoisotopic (exact) mass is 467 g/mol. The van der Waals surface area contributed by atoms with Gasteiger partial charge in [-0.1, -0.05) is 48.5 Å². The van der Waals surface area contributed by atoms with Gasteiger partial charge >= 0.3 is 12.1 Å². The summed E-state index contributed by atoms with van der Waals surface area (Å²) in [6.07, 6.45) is -0.716. The number of aliphatic carboxylic acids is 1. The van der Waals surface area contributed by atoms with Gasteiger partial charge in [-0.25, -0.2) is 4.79 Å². The molecule has 1 aliphatic carbocycles. The average Bonchev–Trinajstić information content (AvgIpc) is 3.08. The molecular weight excluding hydrogens is 434 g/mol. The summed E-state index contributed by atoms with van der Waals surface area (Å²) in [5, 5.41) is 11.9. The highest BCUT2D eigenvalue weighted by Crippen LogP contribution is 2.44. The van der Waals surface area contributed by atoms with E-state index in [0.717, 1.165) is 22.3 Å². The zero-order chi connectivity index (χ0) is 25.0. The van der Waals surface area contributed by atoms with Crippen LogP contribution >= 0.6 is 0 Å². The molecule has 0 heterocycles. The number of hydrogen-bond donors (Lipinski definition) is 2. The van der Waals surface area contributed by atoms with Gasteiger partial charge in [0.25, 0.3) is 0 Å². The van der Waals surface area contributed by atoms with Crippen molar-refractivity contribution in [3.63, 3.8) is 0 Å². The molecule has 2 amide bonds. The molecule has 0 aromatic heterocycles. The number of alkyl carbamates (subject to hydrolysis) is 1. The van der Waals surface area contributed by atoms with Crippen LogP contribution in [-0.2, 0) is 14.3 Å². The molecule has 0 saturated carbocycles. The van der Waals surface area contributed by atoms with E-state index < -0.39 is 36.1 Å². The number of carbonyl (C=O) groups is 3. The Labute approximate surface area is 200 Å². The van der Waals surface area contributed by atoms with E-state index in [-0.39, 0.29) is 19.1 Å². The molecule has 34 heavy (non-hydrogen) atoms. The lowest BCUT2D eigenvalue weighted by atomic mass is 9.98. The molecule has 182 valence electrons. The molecule has 0 spiro atoms. The summed E-state index contributed by atoms with van der Waals surface area (Å²) in [7, 11) is 3.55. The molecule has 0 saturated heterocycles. The number of likely N-dealkylation sites (N-methyl/N-ethyl adjacent to an activating group) is 1. The number of amides is 2. The highest BCUT2D eigenvalue weighted by Gasteiger charge is 2.35. The van der Waals surface area contributed by atoms with Crippen molar-refractivity contribution in [2.75, 3.05) is 33.8 Å². The summed E-state index contributed by atoms with van der Waals surface area (Å²) >= 11 is 0. The summed E-state index contributed by atoms with van der Waals surface area (Å²) in [4.78, 5) is 40.4. The Hall–Kier alpha value is -3.39. The van der Waals surface area contributed by atoms with Crippen molar-refractivity contribution < 1.29 is 24.2 Å². The molecule has 2 N–H and O–H groups in total. The van der Waals surface area contributed by atoms with Gasteiger partial charge in [0.1, 0.15) is 19.2 Å². The fourth-order valence-electron chi connectivity index (χ4n) is 4.30. The maximum atomic E-state index is 13.2. The molecule has 0 unspecified atom stereocenters. The van der Waals surface area contributed by atoms with Crippen LogP contribution in [0.1, 0.15) is 37.8 Å². The number of carboxylic acids is 1. The Bertz CT molecular complexity index is 1010. The number of nitrogens with zero attached hydrogens (tertiary/aromatic N) is 2. The first-order chi connectivity index (χ1) is 16.0. The second kappa shape index (κ2) is 10.3. The second-order valence-electron chi connectivity index (χ2n) is 9.77. The minimum Gasteiger partial charge on any atom is -0.480 e. The molecular formula is C26H33N3O5. The molecule has 0 radical (unpaired) electrons. The number of ether oxygens (including phenoxy) is 1. The summed E-state index contributed by atoms with van der Waals surface area (Å²) in [6, 6.07) is 15.1. The first kappa shape index (κ1) is 25.2. The van der Waals surface area contributed by atoms with E-state index in [9.17, 15) is 19.5 Å². The van der Waals surface area contributed by atoms with Gasteiger partial charge in [-0.15, -0.1) is 0 Å². The Morgan fingerprint density at radius 3 is 2.00 bits per heavy atom. The summed E-state index contributed by atoms with van der Waals surface area (Å²) in [5.41, 5.74) is 3.71. The lowest BCUT2D eigenvalue weighted by Gasteiger charge is -2.37. The van der Waals surface area contributed by atoms with Gasteiger partial charge in [0.2, 0.25) is 5.91 Å². The average molecular weight is 468 g/mol. The zero-order valence-electron chi connectivity index (χ0n) is 20.4. The number of fused-ring (bicyclic) bond motifs is 3. The van der Waals surface area contributed by atoms with Gasteiger partial charge in [-0.05, 0) is 57.1 Å². The summed E-state index contributed by atoms with van der Waals surface area (Å²) in [6.45, 7) is 5.14. The van der Waals surface area contributed by atoms with E-state index in [1.165, 1.54) is 4.90 Å². The molecule has 0 fully saturated rings. The van der Waals surface area contributed by atoms with Crippen molar-refractivity contribution in [3.8, 4) is 11.1 Å². The number of benzene rings is 2. The number of carboxylic acid groups (broad SMARTS) is 1. The van der Waals surface area contributed by atoms with Crippen LogP contribution in [0.5, 0.6) is 0 Å². The molecule has 3 rings (SSSR count). The van der Waals surface area contributed by atoms with E-state index >= 15 is 0 Å². The third-order valence-electron chi connectivity index (χ3n) is 5.85. The summed E-state index contributed by atoms with van der Waals surface area (Å²) < 4.78 is 5.59. The van der Waals surface area contributed by atoms with Crippen molar-refractivity contribution in [1.29, 1.82) is 0 Å². The zero-order valence-corrected chi connectivity index (χ0v) is 20.4. The van der Waals surface area contributed by atoms with Gasteiger partial charge < -0.3 is 25.0 Å². The van der Waals surface area contributed by atoms with Gasteiger partial charge in [0.15, 0.2) is 0 Å². The Morgan fingerprint density at radius 2 is 1.53 bits per heavy atom. The number of carbonyl (C=O) groups excluding carboxylic acids is 2. The van der Waals surface area contributed by atoms with Crippen molar-refractivity contribution >= 4 is 18.0 Å². The molecule has 8 heteroatoms. The third kappa shape index (κ3) is 5.75. The van der Waals surface area contributed by atoms with Crippen LogP contribution in [-0.4, -0.2) is 78.2 Å². The lowest BCUT2D eigenvalue weighted by molar-refractivity contribution is -0.149. The van der Waals surface area contributed by atoms with Gasteiger partial charge in [-0.3, -0.25) is 9.59 Å². The van der Waals surface area contributed by atoms with Gasteiger partial charge in [0.05, 0.1) is 0 Å². The quantitative estimate of drug-likeness (QED) is 0.619. The van der Waals surface area contributed by atoms with E-state index in [0.29, 0.717) is 0 Å². The first-order valence-corrected chi connectivity index (χ1v) is 11.3. The van der Waals surface area contributed by atoms with Crippen LogP contribution in [0.3, 0.4) is 0 Å². The van der Waals surface area contributed by atoms with Crippen LogP contribution in [0.15, 0.2) is 48.5 Å². The number of hydrogen-bond acceptors (Lipinski definition) is 5. The van der Waals surface area contributed by atoms with E-state index in [1.54, 1.807) is 39.8 Å². The smallest absolute Gasteiger partial charge is 0.407 e. The highest BCUT2D eigenvalue weighted by molar-refractivity contribution is 5.89. The van der Waals surface area contributed by atoms with Gasteiger partial charge in [-0.2, -0.15) is 0 Å². The predicted molar refractivity (Wildman–Crippen MR) is 130 cm³/mol. The topological polar surface area (TPSA) is 99.2 Å². The normalized spacial score (nSPS) is 13.7.